The van der Waals surface area contributed by atoms with Gasteiger partial charge in [0.05, 0.1) is 7.11 Å². The zero-order valence-corrected chi connectivity index (χ0v) is 15.3. The highest BCUT2D eigenvalue weighted by molar-refractivity contribution is 5.73. The number of aliphatic carboxylic acids is 1. The molecule has 7 nitrogen and oxygen atoms in total. The van der Waals surface area contributed by atoms with E-state index in [1.807, 2.05) is 23.1 Å². The van der Waals surface area contributed by atoms with Gasteiger partial charge in [-0.3, -0.25) is 9.69 Å². The van der Waals surface area contributed by atoms with Crippen LogP contribution in [0.1, 0.15) is 25.3 Å². The fourth-order valence-electron chi connectivity index (χ4n) is 3.94. The fourth-order valence-corrected chi connectivity index (χ4v) is 3.94. The SMILES string of the molecule is COc1ccc(CN2C[C@H]3CC[C@@H]2CN(C(C)=O)C3)cc1OCC(=O)O. The molecule has 142 valence electrons. The molecule has 1 aromatic carbocycles. The average molecular weight is 362 g/mol. The summed E-state index contributed by atoms with van der Waals surface area (Å²) in [5.41, 5.74) is 1.05. The van der Waals surface area contributed by atoms with Crippen LogP contribution in [0.4, 0.5) is 0 Å². The minimum atomic E-state index is -1.02. The summed E-state index contributed by atoms with van der Waals surface area (Å²) in [4.78, 5) is 27.0. The Balaban J connectivity index is 1.73. The number of rotatable bonds is 6. The molecule has 2 bridgehead atoms. The molecule has 0 unspecified atom stereocenters. The van der Waals surface area contributed by atoms with Crippen molar-refractivity contribution < 1.29 is 24.2 Å². The maximum atomic E-state index is 11.8. The first kappa shape index (κ1) is 18.5. The molecular formula is C19H26N2O5. The lowest BCUT2D eigenvalue weighted by Crippen LogP contribution is -2.43. The molecule has 0 aromatic heterocycles. The smallest absolute Gasteiger partial charge is 0.341 e. The topological polar surface area (TPSA) is 79.3 Å². The van der Waals surface area contributed by atoms with E-state index in [0.29, 0.717) is 23.5 Å². The van der Waals surface area contributed by atoms with Gasteiger partial charge in [0, 0.05) is 39.1 Å². The maximum absolute atomic E-state index is 11.8. The van der Waals surface area contributed by atoms with Gasteiger partial charge in [0.25, 0.3) is 0 Å². The van der Waals surface area contributed by atoms with Crippen LogP contribution in [-0.2, 0) is 16.1 Å². The molecule has 3 aliphatic heterocycles. The van der Waals surface area contributed by atoms with E-state index in [1.165, 1.54) is 13.5 Å². The van der Waals surface area contributed by atoms with Crippen molar-refractivity contribution in [1.29, 1.82) is 0 Å². The predicted molar refractivity (Wildman–Crippen MR) is 95.3 cm³/mol. The van der Waals surface area contributed by atoms with E-state index < -0.39 is 12.6 Å². The molecule has 0 spiro atoms. The second-order valence-corrected chi connectivity index (χ2v) is 7.12. The highest BCUT2D eigenvalue weighted by atomic mass is 16.5. The van der Waals surface area contributed by atoms with Gasteiger partial charge in [0.2, 0.25) is 5.91 Å². The van der Waals surface area contributed by atoms with Gasteiger partial charge in [-0.2, -0.15) is 0 Å². The van der Waals surface area contributed by atoms with Crippen molar-refractivity contribution in [3.63, 3.8) is 0 Å². The number of amides is 1. The number of carboxylic acid groups (broad SMARTS) is 1. The van der Waals surface area contributed by atoms with Crippen LogP contribution in [0.5, 0.6) is 11.5 Å². The van der Waals surface area contributed by atoms with Crippen molar-refractivity contribution in [2.45, 2.75) is 32.4 Å². The Bertz CT molecular complexity index is 678. The lowest BCUT2D eigenvalue weighted by atomic mass is 9.94. The van der Waals surface area contributed by atoms with Crippen LogP contribution in [0.25, 0.3) is 0 Å². The third kappa shape index (κ3) is 4.27. The number of hydrogen-bond acceptors (Lipinski definition) is 5. The van der Waals surface area contributed by atoms with E-state index in [1.54, 1.807) is 6.92 Å². The number of carboxylic acids is 1. The summed E-state index contributed by atoms with van der Waals surface area (Å²) in [6, 6.07) is 6.00. The summed E-state index contributed by atoms with van der Waals surface area (Å²) in [6.45, 7) is 4.60. The third-order valence-electron chi connectivity index (χ3n) is 5.24. The van der Waals surface area contributed by atoms with Gasteiger partial charge in [-0.15, -0.1) is 0 Å². The van der Waals surface area contributed by atoms with Gasteiger partial charge in [0.15, 0.2) is 18.1 Å². The third-order valence-corrected chi connectivity index (χ3v) is 5.24. The number of hydrogen-bond donors (Lipinski definition) is 1. The Labute approximate surface area is 153 Å². The van der Waals surface area contributed by atoms with Crippen LogP contribution in [-0.4, -0.2) is 66.2 Å². The molecule has 0 saturated carbocycles. The van der Waals surface area contributed by atoms with E-state index in [2.05, 4.69) is 4.90 Å². The summed E-state index contributed by atoms with van der Waals surface area (Å²) in [7, 11) is 1.53. The van der Waals surface area contributed by atoms with Gasteiger partial charge in [-0.1, -0.05) is 6.07 Å². The molecule has 3 aliphatic rings. The molecule has 0 aliphatic carbocycles. The Hall–Kier alpha value is -2.28. The zero-order valence-electron chi connectivity index (χ0n) is 15.3. The molecule has 1 amide bonds. The van der Waals surface area contributed by atoms with Gasteiger partial charge >= 0.3 is 5.97 Å². The average Bonchev–Trinajstić information content (AvgIpc) is 2.92. The summed E-state index contributed by atoms with van der Waals surface area (Å²) < 4.78 is 10.6. The minimum Gasteiger partial charge on any atom is -0.493 e. The van der Waals surface area contributed by atoms with Crippen molar-refractivity contribution in [3.05, 3.63) is 23.8 Å². The molecular weight excluding hydrogens is 336 g/mol. The second kappa shape index (κ2) is 7.95. The Morgan fingerprint density at radius 3 is 2.69 bits per heavy atom. The van der Waals surface area contributed by atoms with Crippen molar-refractivity contribution in [2.75, 3.05) is 33.4 Å². The number of methoxy groups -OCH3 is 1. The summed E-state index contributed by atoms with van der Waals surface area (Å²) in [5.74, 6) is 0.607. The number of ether oxygens (including phenoxy) is 2. The van der Waals surface area contributed by atoms with E-state index in [0.717, 1.165) is 38.2 Å². The van der Waals surface area contributed by atoms with Crippen LogP contribution < -0.4 is 9.47 Å². The first-order chi connectivity index (χ1) is 12.5. The molecule has 0 radical (unpaired) electrons. The first-order valence-electron chi connectivity index (χ1n) is 8.97. The van der Waals surface area contributed by atoms with Gasteiger partial charge in [0.1, 0.15) is 0 Å². The van der Waals surface area contributed by atoms with Gasteiger partial charge in [-0.05, 0) is 36.5 Å². The lowest BCUT2D eigenvalue weighted by Gasteiger charge is -2.36. The Morgan fingerprint density at radius 1 is 1.19 bits per heavy atom. The molecule has 3 heterocycles. The van der Waals surface area contributed by atoms with E-state index in [-0.39, 0.29) is 5.91 Å². The summed E-state index contributed by atoms with van der Waals surface area (Å²) in [6.07, 6.45) is 2.27. The minimum absolute atomic E-state index is 0.151. The van der Waals surface area contributed by atoms with Crippen molar-refractivity contribution in [3.8, 4) is 11.5 Å². The van der Waals surface area contributed by atoms with E-state index in [4.69, 9.17) is 14.6 Å². The summed E-state index contributed by atoms with van der Waals surface area (Å²) >= 11 is 0. The van der Waals surface area contributed by atoms with Crippen LogP contribution in [0.2, 0.25) is 0 Å². The number of carbonyl (C=O) groups is 2. The van der Waals surface area contributed by atoms with Crippen LogP contribution in [0.15, 0.2) is 18.2 Å². The standard InChI is InChI=1S/C19H26N2O5/c1-13(22)20-9-15-3-5-16(11-20)21(10-15)8-14-4-6-17(25-2)18(7-14)26-12-19(23)24/h4,6-7,15-16H,3,5,8-12H2,1-2H3,(H,23,24)/t15-,16+/m0/s1. The number of fused-ring (bicyclic) bond motifs is 4. The maximum Gasteiger partial charge on any atom is 0.341 e. The lowest BCUT2D eigenvalue weighted by molar-refractivity contribution is -0.139. The largest absolute Gasteiger partial charge is 0.493 e. The Morgan fingerprint density at radius 2 is 2.00 bits per heavy atom. The molecule has 4 rings (SSSR count). The van der Waals surface area contributed by atoms with Crippen molar-refractivity contribution in [2.24, 2.45) is 5.92 Å². The molecule has 2 atom stereocenters. The van der Waals surface area contributed by atoms with Crippen LogP contribution in [0, 0.1) is 5.92 Å². The molecule has 3 fully saturated rings. The molecule has 1 N–H and O–H groups in total. The zero-order chi connectivity index (χ0) is 18.7. The van der Waals surface area contributed by atoms with Crippen LogP contribution >= 0.6 is 0 Å². The highest BCUT2D eigenvalue weighted by Crippen LogP contribution is 2.32. The fraction of sp³-hybridized carbons (Fsp3) is 0.579. The highest BCUT2D eigenvalue weighted by Gasteiger charge is 2.35. The number of nitrogens with zero attached hydrogens (tertiary/aromatic N) is 2. The second-order valence-electron chi connectivity index (χ2n) is 7.12. The predicted octanol–water partition coefficient (Wildman–Crippen LogP) is 1.60. The normalized spacial score (nSPS) is 22.8. The van der Waals surface area contributed by atoms with Crippen molar-refractivity contribution >= 4 is 11.9 Å². The Kier molecular flexibility index (Phi) is 5.66. The molecule has 1 aromatic rings. The number of benzene rings is 1. The van der Waals surface area contributed by atoms with Gasteiger partial charge in [-0.25, -0.2) is 4.79 Å². The first-order valence-corrected chi connectivity index (χ1v) is 8.97. The summed E-state index contributed by atoms with van der Waals surface area (Å²) in [5, 5.41) is 8.83. The van der Waals surface area contributed by atoms with Gasteiger partial charge < -0.3 is 19.5 Å². The van der Waals surface area contributed by atoms with E-state index >= 15 is 0 Å². The molecule has 3 saturated heterocycles. The van der Waals surface area contributed by atoms with Crippen molar-refractivity contribution in [1.82, 2.24) is 9.80 Å². The van der Waals surface area contributed by atoms with E-state index in [9.17, 15) is 9.59 Å². The molecule has 7 heteroatoms. The molecule has 26 heavy (non-hydrogen) atoms. The number of carbonyl (C=O) groups excluding carboxylic acids is 1. The number of piperidine rings is 1. The monoisotopic (exact) mass is 362 g/mol. The van der Waals surface area contributed by atoms with Crippen LogP contribution in [0.3, 0.4) is 0 Å². The quantitative estimate of drug-likeness (QED) is 0.828.